The van der Waals surface area contributed by atoms with E-state index in [0.717, 1.165) is 34.6 Å². The zero-order valence-corrected chi connectivity index (χ0v) is 17.9. The van der Waals surface area contributed by atoms with Crippen molar-refractivity contribution in [2.45, 2.75) is 39.7 Å². The summed E-state index contributed by atoms with van der Waals surface area (Å²) in [6.07, 6.45) is 4.72. The molecule has 3 aromatic rings. The molecule has 31 heavy (non-hydrogen) atoms. The van der Waals surface area contributed by atoms with E-state index in [0.29, 0.717) is 24.8 Å². The molecule has 3 heterocycles. The molecule has 0 radical (unpaired) electrons. The second kappa shape index (κ2) is 7.34. The fraction of sp³-hybridized carbons (Fsp3) is 0.333. The number of hydrogen-bond donors (Lipinski definition) is 1. The molecule has 158 valence electrons. The molecule has 1 N–H and O–H groups in total. The molecule has 0 saturated carbocycles. The van der Waals surface area contributed by atoms with E-state index in [1.165, 1.54) is 0 Å². The van der Waals surface area contributed by atoms with E-state index in [4.69, 9.17) is 14.8 Å². The molecule has 1 unspecified atom stereocenters. The number of ketones is 1. The first-order valence-corrected chi connectivity index (χ1v) is 10.6. The van der Waals surface area contributed by atoms with E-state index in [9.17, 15) is 4.79 Å². The number of carbonyl (C=O) groups is 1. The summed E-state index contributed by atoms with van der Waals surface area (Å²) >= 11 is 0. The van der Waals surface area contributed by atoms with Crippen LogP contribution >= 0.6 is 0 Å². The lowest BCUT2D eigenvalue weighted by atomic mass is 9.73. The summed E-state index contributed by atoms with van der Waals surface area (Å²) in [7, 11) is 0. The van der Waals surface area contributed by atoms with Crippen molar-refractivity contribution in [3.05, 3.63) is 65.6 Å². The van der Waals surface area contributed by atoms with E-state index in [1.54, 1.807) is 12.4 Å². The van der Waals surface area contributed by atoms with Gasteiger partial charge in [0.05, 0.1) is 6.61 Å². The molecule has 0 fully saturated rings. The van der Waals surface area contributed by atoms with Gasteiger partial charge in [-0.1, -0.05) is 32.0 Å². The summed E-state index contributed by atoms with van der Waals surface area (Å²) in [4.78, 5) is 22.2. The maximum atomic E-state index is 13.4. The summed E-state index contributed by atoms with van der Waals surface area (Å²) in [5.74, 6) is 2.12. The van der Waals surface area contributed by atoms with Crippen molar-refractivity contribution in [1.82, 2.24) is 19.7 Å². The van der Waals surface area contributed by atoms with Gasteiger partial charge in [-0.15, -0.1) is 5.10 Å². The van der Waals surface area contributed by atoms with Gasteiger partial charge in [-0.2, -0.15) is 4.98 Å². The molecule has 0 amide bonds. The van der Waals surface area contributed by atoms with Crippen LogP contribution in [0.4, 0.5) is 5.95 Å². The third-order valence-electron chi connectivity index (χ3n) is 5.78. The summed E-state index contributed by atoms with van der Waals surface area (Å²) in [5, 5.41) is 8.23. The van der Waals surface area contributed by atoms with Crippen molar-refractivity contribution in [2.75, 3.05) is 11.9 Å². The zero-order valence-electron chi connectivity index (χ0n) is 17.9. The van der Waals surface area contributed by atoms with Gasteiger partial charge in [0.25, 0.3) is 0 Å². The van der Waals surface area contributed by atoms with Crippen molar-refractivity contribution in [2.24, 2.45) is 5.41 Å². The Labute approximate surface area is 181 Å². The van der Waals surface area contributed by atoms with Gasteiger partial charge in [0.1, 0.15) is 11.8 Å². The smallest absolute Gasteiger partial charge is 0.226 e. The molecule has 1 aliphatic heterocycles. The maximum absolute atomic E-state index is 13.4. The molecule has 2 aromatic heterocycles. The number of hydrogen-bond acceptors (Lipinski definition) is 6. The second-order valence-corrected chi connectivity index (χ2v) is 8.77. The quantitative estimate of drug-likeness (QED) is 0.680. The molecule has 1 atom stereocenters. The van der Waals surface area contributed by atoms with Crippen LogP contribution in [0.25, 0.3) is 11.4 Å². The molecule has 0 spiro atoms. The highest BCUT2D eigenvalue weighted by Gasteiger charge is 2.42. The van der Waals surface area contributed by atoms with Crippen LogP contribution in [-0.4, -0.2) is 32.1 Å². The minimum Gasteiger partial charge on any atom is -0.494 e. The topological polar surface area (TPSA) is 81.9 Å². The van der Waals surface area contributed by atoms with E-state index in [1.807, 2.05) is 48.0 Å². The Morgan fingerprint density at radius 3 is 2.71 bits per heavy atom. The third-order valence-corrected chi connectivity index (χ3v) is 5.78. The van der Waals surface area contributed by atoms with Crippen molar-refractivity contribution in [1.29, 1.82) is 0 Å². The predicted octanol–water partition coefficient (Wildman–Crippen LogP) is 4.40. The van der Waals surface area contributed by atoms with Gasteiger partial charge >= 0.3 is 0 Å². The first kappa shape index (κ1) is 19.5. The van der Waals surface area contributed by atoms with Gasteiger partial charge in [0, 0.05) is 41.2 Å². The Balaban J connectivity index is 1.71. The average molecular weight is 415 g/mol. The Hall–Kier alpha value is -3.48. The molecule has 5 rings (SSSR count). The van der Waals surface area contributed by atoms with Crippen LogP contribution in [0.15, 0.2) is 60.1 Å². The number of anilines is 1. The first-order chi connectivity index (χ1) is 15.0. The Kier molecular flexibility index (Phi) is 4.61. The van der Waals surface area contributed by atoms with Crippen LogP contribution in [-0.2, 0) is 4.79 Å². The van der Waals surface area contributed by atoms with E-state index < -0.39 is 0 Å². The van der Waals surface area contributed by atoms with Crippen LogP contribution in [0.2, 0.25) is 0 Å². The number of ether oxygens (including phenoxy) is 1. The van der Waals surface area contributed by atoms with Gasteiger partial charge in [-0.3, -0.25) is 9.78 Å². The van der Waals surface area contributed by atoms with Crippen molar-refractivity contribution in [3.8, 4) is 17.1 Å². The number of carbonyl (C=O) groups excluding carboxylic acids is 1. The minimum atomic E-state index is -0.388. The number of pyridine rings is 1. The summed E-state index contributed by atoms with van der Waals surface area (Å²) in [5.41, 5.74) is 3.37. The van der Waals surface area contributed by atoms with Crippen molar-refractivity contribution < 1.29 is 9.53 Å². The minimum absolute atomic E-state index is 0.108. The number of nitrogens with zero attached hydrogens (tertiary/aromatic N) is 4. The van der Waals surface area contributed by atoms with Gasteiger partial charge < -0.3 is 10.1 Å². The number of fused-ring (bicyclic) bond motifs is 1. The average Bonchev–Trinajstić information content (AvgIpc) is 3.16. The maximum Gasteiger partial charge on any atom is 0.226 e. The molecule has 7 nitrogen and oxygen atoms in total. The molecule has 1 aromatic carbocycles. The van der Waals surface area contributed by atoms with Gasteiger partial charge in [0.2, 0.25) is 5.95 Å². The lowest BCUT2D eigenvalue weighted by Gasteiger charge is -2.38. The van der Waals surface area contributed by atoms with E-state index >= 15 is 0 Å². The standard InChI is InChI=1S/C24H25N5O2/c1-4-31-19-8-6-5-7-16(19)21-20-17(13-24(2,3)14-18(20)30)26-23-27-22(28-29(21)23)15-9-11-25-12-10-15/h5-12,21H,4,13-14H2,1-3H3,(H,26,27,28). The fourth-order valence-corrected chi connectivity index (χ4v) is 4.51. The van der Waals surface area contributed by atoms with Gasteiger partial charge in [0.15, 0.2) is 11.6 Å². The monoisotopic (exact) mass is 415 g/mol. The number of allylic oxidation sites excluding steroid dienone is 2. The molecule has 1 aliphatic carbocycles. The number of rotatable bonds is 4. The van der Waals surface area contributed by atoms with E-state index in [2.05, 4.69) is 24.1 Å². The lowest BCUT2D eigenvalue weighted by Crippen LogP contribution is -2.36. The number of aromatic nitrogens is 4. The molecular formula is C24H25N5O2. The summed E-state index contributed by atoms with van der Waals surface area (Å²) in [6.45, 7) is 6.75. The fourth-order valence-electron chi connectivity index (χ4n) is 4.51. The Bertz CT molecular complexity index is 1180. The van der Waals surface area contributed by atoms with Crippen molar-refractivity contribution in [3.63, 3.8) is 0 Å². The first-order valence-electron chi connectivity index (χ1n) is 10.6. The number of nitrogens with one attached hydrogen (secondary N) is 1. The summed E-state index contributed by atoms with van der Waals surface area (Å²) in [6, 6.07) is 11.2. The molecular weight excluding hydrogens is 390 g/mol. The largest absolute Gasteiger partial charge is 0.494 e. The second-order valence-electron chi connectivity index (χ2n) is 8.77. The normalized spacial score (nSPS) is 19.5. The number of Topliss-reactive ketones (excluding diaryl/α,β-unsaturated/α-hetero) is 1. The zero-order chi connectivity index (χ0) is 21.6. The predicted molar refractivity (Wildman–Crippen MR) is 118 cm³/mol. The molecule has 7 heteroatoms. The summed E-state index contributed by atoms with van der Waals surface area (Å²) < 4.78 is 7.75. The third kappa shape index (κ3) is 3.40. The van der Waals surface area contributed by atoms with E-state index in [-0.39, 0.29) is 17.2 Å². The highest BCUT2D eigenvalue weighted by Crippen LogP contribution is 2.47. The van der Waals surface area contributed by atoms with Crippen LogP contribution in [0.3, 0.4) is 0 Å². The van der Waals surface area contributed by atoms with Crippen molar-refractivity contribution >= 4 is 11.7 Å². The Morgan fingerprint density at radius 1 is 1.16 bits per heavy atom. The van der Waals surface area contributed by atoms with Crippen LogP contribution < -0.4 is 10.1 Å². The highest BCUT2D eigenvalue weighted by molar-refractivity contribution is 6.00. The van der Waals surface area contributed by atoms with Gasteiger partial charge in [-0.25, -0.2) is 4.68 Å². The highest BCUT2D eigenvalue weighted by atomic mass is 16.5. The van der Waals surface area contributed by atoms with Crippen LogP contribution in [0.1, 0.15) is 45.2 Å². The Morgan fingerprint density at radius 2 is 1.94 bits per heavy atom. The number of benzene rings is 1. The number of para-hydroxylation sites is 1. The lowest BCUT2D eigenvalue weighted by molar-refractivity contribution is -0.118. The molecule has 0 saturated heterocycles. The SMILES string of the molecule is CCOc1ccccc1C1C2=C(CC(C)(C)CC2=O)Nc2nc(-c3ccncc3)nn21. The van der Waals surface area contributed by atoms with Crippen LogP contribution in [0.5, 0.6) is 5.75 Å². The van der Waals surface area contributed by atoms with Gasteiger partial charge in [-0.05, 0) is 37.0 Å². The molecule has 2 aliphatic rings. The van der Waals surface area contributed by atoms with Crippen LogP contribution in [0, 0.1) is 5.41 Å². The molecule has 0 bridgehead atoms.